The molecule has 0 spiro atoms. The Bertz CT molecular complexity index is 2560. The van der Waals surface area contributed by atoms with Crippen LogP contribution in [-0.2, 0) is 0 Å². The van der Waals surface area contributed by atoms with E-state index in [-0.39, 0.29) is 0 Å². The number of hydrogen-bond acceptors (Lipinski definition) is 2. The van der Waals surface area contributed by atoms with Gasteiger partial charge in [-0.05, 0) is 71.4 Å². The summed E-state index contributed by atoms with van der Waals surface area (Å²) in [5.41, 5.74) is 8.84. The van der Waals surface area contributed by atoms with Gasteiger partial charge in [0.05, 0.1) is 33.1 Å². The highest BCUT2D eigenvalue weighted by Gasteiger charge is 2.20. The molecule has 7 aromatic carbocycles. The van der Waals surface area contributed by atoms with Crippen LogP contribution in [-0.4, -0.2) is 19.1 Å². The smallest absolute Gasteiger partial charge is 0.0972 e. The van der Waals surface area contributed by atoms with Crippen molar-refractivity contribution in [1.29, 1.82) is 0 Å². The summed E-state index contributed by atoms with van der Waals surface area (Å²) in [6.07, 6.45) is 3.62. The van der Waals surface area contributed by atoms with E-state index in [0.29, 0.717) is 0 Å². The number of para-hydroxylation sites is 4. The van der Waals surface area contributed by atoms with Crippen molar-refractivity contribution in [2.75, 3.05) is 0 Å². The van der Waals surface area contributed by atoms with Gasteiger partial charge in [0, 0.05) is 56.1 Å². The number of aromatic nitrogens is 4. The van der Waals surface area contributed by atoms with E-state index in [4.69, 9.17) is 9.97 Å². The Morgan fingerprint density at radius 3 is 1.18 bits per heavy atom. The molecule has 44 heavy (non-hydrogen) atoms. The predicted molar refractivity (Wildman–Crippen MR) is 183 cm³/mol. The fourth-order valence-electron chi connectivity index (χ4n) is 7.31. The number of benzene rings is 7. The standard InChI is InChI=1S/C40H24N4/c1-3-11-25(12-4-1)43-35-17-9-7-15-27(35)31-21-29-30-22-32-28-16-8-10-18-36(28)44(26-13-5-2-6-14-26)38(32)24-34(30)40-39(41-19-20-42-40)33(29)23-37(31)43/h1-24H. The van der Waals surface area contributed by atoms with E-state index < -0.39 is 0 Å². The van der Waals surface area contributed by atoms with E-state index in [1.165, 1.54) is 43.4 Å². The van der Waals surface area contributed by atoms with Crippen LogP contribution in [0.4, 0.5) is 0 Å². The highest BCUT2D eigenvalue weighted by molar-refractivity contribution is 6.30. The normalized spacial score (nSPS) is 12.1. The van der Waals surface area contributed by atoms with Gasteiger partial charge in [-0.15, -0.1) is 0 Å². The van der Waals surface area contributed by atoms with Crippen molar-refractivity contribution in [3.8, 4) is 11.4 Å². The second kappa shape index (κ2) is 8.76. The molecule has 0 bridgehead atoms. The summed E-state index contributed by atoms with van der Waals surface area (Å²) in [7, 11) is 0. The molecule has 10 rings (SSSR count). The summed E-state index contributed by atoms with van der Waals surface area (Å²) in [4.78, 5) is 9.89. The van der Waals surface area contributed by atoms with Crippen molar-refractivity contribution in [2.45, 2.75) is 0 Å². The van der Waals surface area contributed by atoms with Gasteiger partial charge in [-0.2, -0.15) is 0 Å². The summed E-state index contributed by atoms with van der Waals surface area (Å²) < 4.78 is 4.74. The summed E-state index contributed by atoms with van der Waals surface area (Å²) in [5.74, 6) is 0. The van der Waals surface area contributed by atoms with E-state index >= 15 is 0 Å². The maximum Gasteiger partial charge on any atom is 0.0972 e. The second-order valence-corrected chi connectivity index (χ2v) is 11.5. The first kappa shape index (κ1) is 23.6. The van der Waals surface area contributed by atoms with Crippen LogP contribution in [0, 0.1) is 0 Å². The molecule has 0 aliphatic carbocycles. The Kier molecular flexibility index (Phi) is 4.69. The molecular formula is C40H24N4. The van der Waals surface area contributed by atoms with Gasteiger partial charge in [0.1, 0.15) is 0 Å². The van der Waals surface area contributed by atoms with Gasteiger partial charge in [-0.3, -0.25) is 9.97 Å². The van der Waals surface area contributed by atoms with Crippen molar-refractivity contribution < 1.29 is 0 Å². The van der Waals surface area contributed by atoms with E-state index in [9.17, 15) is 0 Å². The van der Waals surface area contributed by atoms with Crippen LogP contribution in [0.25, 0.3) is 87.6 Å². The molecule has 0 atom stereocenters. The minimum Gasteiger partial charge on any atom is -0.309 e. The lowest BCUT2D eigenvalue weighted by atomic mass is 9.96. The lowest BCUT2D eigenvalue weighted by molar-refractivity contribution is 1.18. The Labute approximate surface area is 252 Å². The summed E-state index contributed by atoms with van der Waals surface area (Å²) in [6, 6.07) is 48.0. The number of nitrogens with zero attached hydrogens (tertiary/aromatic N) is 4. The lowest BCUT2D eigenvalue weighted by Gasteiger charge is -2.13. The maximum absolute atomic E-state index is 4.95. The zero-order chi connectivity index (χ0) is 28.8. The fourth-order valence-corrected chi connectivity index (χ4v) is 7.31. The molecule has 3 aromatic heterocycles. The van der Waals surface area contributed by atoms with Gasteiger partial charge in [-0.1, -0.05) is 72.8 Å². The molecule has 0 unspecified atom stereocenters. The van der Waals surface area contributed by atoms with Crippen molar-refractivity contribution in [1.82, 2.24) is 19.1 Å². The highest BCUT2D eigenvalue weighted by atomic mass is 15.0. The first-order chi connectivity index (χ1) is 21.8. The first-order valence-corrected chi connectivity index (χ1v) is 14.9. The molecule has 0 amide bonds. The van der Waals surface area contributed by atoms with E-state index in [2.05, 4.69) is 143 Å². The molecule has 0 radical (unpaired) electrons. The van der Waals surface area contributed by atoms with Gasteiger partial charge in [0.15, 0.2) is 0 Å². The first-order valence-electron chi connectivity index (χ1n) is 14.9. The largest absolute Gasteiger partial charge is 0.309 e. The molecule has 0 N–H and O–H groups in total. The molecule has 4 heteroatoms. The molecular weight excluding hydrogens is 536 g/mol. The van der Waals surface area contributed by atoms with Crippen LogP contribution in [0.2, 0.25) is 0 Å². The van der Waals surface area contributed by atoms with Gasteiger partial charge >= 0.3 is 0 Å². The maximum atomic E-state index is 4.95. The van der Waals surface area contributed by atoms with Crippen LogP contribution in [0.1, 0.15) is 0 Å². The Hall–Kier alpha value is -6.00. The fraction of sp³-hybridized carbons (Fsp3) is 0. The number of hydrogen-bond donors (Lipinski definition) is 0. The van der Waals surface area contributed by atoms with Gasteiger partial charge in [-0.25, -0.2) is 0 Å². The molecule has 204 valence electrons. The second-order valence-electron chi connectivity index (χ2n) is 11.5. The SMILES string of the molecule is c1ccc(-n2c3ccccc3c3cc4c5cc6c7ccccc7n(-c7ccccc7)c6cc5c5nccnc5c4cc32)cc1. The quantitative estimate of drug-likeness (QED) is 0.197. The van der Waals surface area contributed by atoms with Crippen molar-refractivity contribution in [2.24, 2.45) is 0 Å². The van der Waals surface area contributed by atoms with Gasteiger partial charge in [0.2, 0.25) is 0 Å². The lowest BCUT2D eigenvalue weighted by Crippen LogP contribution is -1.95. The molecule has 4 nitrogen and oxygen atoms in total. The van der Waals surface area contributed by atoms with E-state index in [1.54, 1.807) is 0 Å². The van der Waals surface area contributed by atoms with E-state index in [1.807, 2.05) is 12.4 Å². The van der Waals surface area contributed by atoms with Crippen LogP contribution in [0.3, 0.4) is 0 Å². The predicted octanol–water partition coefficient (Wildman–Crippen LogP) is 10.1. The van der Waals surface area contributed by atoms with Gasteiger partial charge < -0.3 is 9.13 Å². The Balaban J connectivity index is 1.42. The monoisotopic (exact) mass is 560 g/mol. The molecule has 0 fully saturated rings. The third-order valence-electron chi connectivity index (χ3n) is 9.15. The Morgan fingerprint density at radius 1 is 0.318 bits per heavy atom. The van der Waals surface area contributed by atoms with E-state index in [0.717, 1.165) is 44.2 Å². The molecule has 0 aliphatic heterocycles. The summed E-state index contributed by atoms with van der Waals surface area (Å²) in [6.45, 7) is 0. The summed E-state index contributed by atoms with van der Waals surface area (Å²) in [5, 5.41) is 9.54. The topological polar surface area (TPSA) is 35.6 Å². The van der Waals surface area contributed by atoms with Crippen molar-refractivity contribution in [3.63, 3.8) is 0 Å². The van der Waals surface area contributed by atoms with Crippen molar-refractivity contribution >= 4 is 76.2 Å². The van der Waals surface area contributed by atoms with Crippen molar-refractivity contribution in [3.05, 3.63) is 146 Å². The zero-order valence-corrected chi connectivity index (χ0v) is 23.6. The van der Waals surface area contributed by atoms with Gasteiger partial charge in [0.25, 0.3) is 0 Å². The van der Waals surface area contributed by atoms with Crippen LogP contribution < -0.4 is 0 Å². The molecule has 0 aliphatic rings. The molecule has 3 heterocycles. The third-order valence-corrected chi connectivity index (χ3v) is 9.15. The molecule has 10 aromatic rings. The molecule has 0 saturated heterocycles. The van der Waals surface area contributed by atoms with Crippen LogP contribution in [0.5, 0.6) is 0 Å². The molecule has 0 saturated carbocycles. The number of fused-ring (bicyclic) bond motifs is 12. The van der Waals surface area contributed by atoms with Crippen LogP contribution >= 0.6 is 0 Å². The minimum absolute atomic E-state index is 0.920. The Morgan fingerprint density at radius 2 is 0.727 bits per heavy atom. The third kappa shape index (κ3) is 3.11. The zero-order valence-electron chi connectivity index (χ0n) is 23.6. The minimum atomic E-state index is 0.920. The highest BCUT2D eigenvalue weighted by Crippen LogP contribution is 2.42. The van der Waals surface area contributed by atoms with Crippen LogP contribution in [0.15, 0.2) is 146 Å². The number of rotatable bonds is 2. The summed E-state index contributed by atoms with van der Waals surface area (Å²) >= 11 is 0. The average Bonchev–Trinajstić information content (AvgIpc) is 3.59. The average molecular weight is 561 g/mol.